The Morgan fingerprint density at radius 1 is 1.18 bits per heavy atom. The van der Waals surface area contributed by atoms with E-state index >= 15 is 0 Å². The SMILES string of the molecule is [CH2]C(C)CC(OCC)OCC. The molecule has 0 fully saturated rings. The van der Waals surface area contributed by atoms with Gasteiger partial charge in [0.1, 0.15) is 0 Å². The van der Waals surface area contributed by atoms with Gasteiger partial charge in [0.25, 0.3) is 0 Å². The molecule has 0 saturated carbocycles. The monoisotopic (exact) mass is 159 g/mol. The van der Waals surface area contributed by atoms with Crippen LogP contribution in [0.25, 0.3) is 0 Å². The molecule has 0 bridgehead atoms. The van der Waals surface area contributed by atoms with Crippen LogP contribution in [-0.4, -0.2) is 19.5 Å². The summed E-state index contributed by atoms with van der Waals surface area (Å²) in [6.07, 6.45) is 0.819. The smallest absolute Gasteiger partial charge is 0.157 e. The lowest BCUT2D eigenvalue weighted by Crippen LogP contribution is -2.19. The Morgan fingerprint density at radius 2 is 1.64 bits per heavy atom. The molecular formula is C9H19O2. The number of hydrogen-bond donors (Lipinski definition) is 0. The molecule has 0 aliphatic rings. The molecule has 2 nitrogen and oxygen atoms in total. The molecule has 0 amide bonds. The van der Waals surface area contributed by atoms with Crippen LogP contribution in [-0.2, 0) is 9.47 Å². The lowest BCUT2D eigenvalue weighted by atomic mass is 10.1. The first-order chi connectivity index (χ1) is 5.20. The maximum atomic E-state index is 5.33. The number of hydrogen-bond acceptors (Lipinski definition) is 2. The minimum atomic E-state index is -0.0579. The summed E-state index contributed by atoms with van der Waals surface area (Å²) < 4.78 is 10.7. The molecule has 0 spiro atoms. The first-order valence-corrected chi connectivity index (χ1v) is 4.27. The van der Waals surface area contributed by atoms with Gasteiger partial charge in [0.2, 0.25) is 0 Å². The summed E-state index contributed by atoms with van der Waals surface area (Å²) in [5, 5.41) is 0. The van der Waals surface area contributed by atoms with E-state index in [9.17, 15) is 0 Å². The second-order valence-corrected chi connectivity index (χ2v) is 2.68. The highest BCUT2D eigenvalue weighted by atomic mass is 16.7. The second-order valence-electron chi connectivity index (χ2n) is 2.68. The normalized spacial score (nSPS) is 11.5. The number of rotatable bonds is 6. The third-order valence-corrected chi connectivity index (χ3v) is 1.30. The quantitative estimate of drug-likeness (QED) is 0.553. The highest BCUT2D eigenvalue weighted by Gasteiger charge is 2.09. The molecule has 11 heavy (non-hydrogen) atoms. The van der Waals surface area contributed by atoms with Crippen molar-refractivity contribution in [3.8, 4) is 0 Å². The maximum Gasteiger partial charge on any atom is 0.157 e. The van der Waals surface area contributed by atoms with E-state index in [0.29, 0.717) is 19.1 Å². The molecule has 0 aromatic rings. The first kappa shape index (κ1) is 10.9. The molecule has 0 N–H and O–H groups in total. The van der Waals surface area contributed by atoms with Crippen molar-refractivity contribution in [2.75, 3.05) is 13.2 Å². The molecule has 0 heterocycles. The Labute approximate surface area is 69.9 Å². The van der Waals surface area contributed by atoms with Crippen molar-refractivity contribution in [1.29, 1.82) is 0 Å². The molecule has 0 aliphatic heterocycles. The van der Waals surface area contributed by atoms with Crippen LogP contribution >= 0.6 is 0 Å². The average molecular weight is 159 g/mol. The average Bonchev–Trinajstić information content (AvgIpc) is 1.87. The van der Waals surface area contributed by atoms with E-state index in [2.05, 4.69) is 13.8 Å². The number of ether oxygens (including phenoxy) is 2. The van der Waals surface area contributed by atoms with Crippen molar-refractivity contribution in [2.45, 2.75) is 33.5 Å². The van der Waals surface area contributed by atoms with Crippen LogP contribution in [0, 0.1) is 12.8 Å². The molecule has 2 heteroatoms. The molecule has 1 atom stereocenters. The molecule has 0 aliphatic carbocycles. The van der Waals surface area contributed by atoms with Crippen molar-refractivity contribution < 1.29 is 9.47 Å². The predicted molar refractivity (Wildman–Crippen MR) is 46.2 cm³/mol. The van der Waals surface area contributed by atoms with E-state index in [1.165, 1.54) is 0 Å². The fraction of sp³-hybridized carbons (Fsp3) is 0.889. The van der Waals surface area contributed by atoms with Crippen molar-refractivity contribution in [3.63, 3.8) is 0 Å². The van der Waals surface area contributed by atoms with Gasteiger partial charge in [-0.2, -0.15) is 0 Å². The third-order valence-electron chi connectivity index (χ3n) is 1.30. The maximum absolute atomic E-state index is 5.33. The molecule has 0 saturated heterocycles. The Balaban J connectivity index is 3.50. The van der Waals surface area contributed by atoms with Gasteiger partial charge in [-0.05, 0) is 19.8 Å². The van der Waals surface area contributed by atoms with Crippen molar-refractivity contribution in [3.05, 3.63) is 6.92 Å². The Morgan fingerprint density at radius 3 is 1.91 bits per heavy atom. The highest BCUT2D eigenvalue weighted by molar-refractivity contribution is 4.56. The van der Waals surface area contributed by atoms with Crippen LogP contribution in [0.2, 0.25) is 0 Å². The summed E-state index contributed by atoms with van der Waals surface area (Å²) in [6, 6.07) is 0. The fourth-order valence-electron chi connectivity index (χ4n) is 0.885. The zero-order valence-electron chi connectivity index (χ0n) is 7.80. The van der Waals surface area contributed by atoms with Gasteiger partial charge < -0.3 is 9.47 Å². The molecule has 1 unspecified atom stereocenters. The van der Waals surface area contributed by atoms with Crippen molar-refractivity contribution in [2.24, 2.45) is 5.92 Å². The summed E-state index contributed by atoms with van der Waals surface area (Å²) in [5.74, 6) is 0.387. The summed E-state index contributed by atoms with van der Waals surface area (Å²) in [5.41, 5.74) is 0. The highest BCUT2D eigenvalue weighted by Crippen LogP contribution is 2.08. The minimum absolute atomic E-state index is 0.0579. The van der Waals surface area contributed by atoms with Gasteiger partial charge in [0.15, 0.2) is 6.29 Å². The van der Waals surface area contributed by atoms with Crippen LogP contribution in [0.3, 0.4) is 0 Å². The zero-order valence-corrected chi connectivity index (χ0v) is 7.80. The van der Waals surface area contributed by atoms with E-state index in [1.54, 1.807) is 0 Å². The second kappa shape index (κ2) is 6.62. The standard InChI is InChI=1S/C9H19O2/c1-5-10-9(11-6-2)7-8(3)4/h8-9H,3,5-7H2,1-2,4H3. The van der Waals surface area contributed by atoms with E-state index < -0.39 is 0 Å². The van der Waals surface area contributed by atoms with Gasteiger partial charge in [-0.25, -0.2) is 0 Å². The van der Waals surface area contributed by atoms with Crippen LogP contribution in [0.4, 0.5) is 0 Å². The van der Waals surface area contributed by atoms with Crippen molar-refractivity contribution >= 4 is 0 Å². The lowest BCUT2D eigenvalue weighted by Gasteiger charge is -2.18. The van der Waals surface area contributed by atoms with Crippen LogP contribution in [0.1, 0.15) is 27.2 Å². The first-order valence-electron chi connectivity index (χ1n) is 4.27. The van der Waals surface area contributed by atoms with E-state index in [-0.39, 0.29) is 6.29 Å². The van der Waals surface area contributed by atoms with Crippen LogP contribution in [0.15, 0.2) is 0 Å². The predicted octanol–water partition coefficient (Wildman–Crippen LogP) is 2.25. The molecule has 0 rings (SSSR count). The molecule has 67 valence electrons. The van der Waals surface area contributed by atoms with Gasteiger partial charge >= 0.3 is 0 Å². The van der Waals surface area contributed by atoms with Gasteiger partial charge in [-0.3, -0.25) is 0 Å². The van der Waals surface area contributed by atoms with E-state index in [1.807, 2.05) is 13.8 Å². The fourth-order valence-corrected chi connectivity index (χ4v) is 0.885. The summed E-state index contributed by atoms with van der Waals surface area (Å²) in [7, 11) is 0. The van der Waals surface area contributed by atoms with Crippen molar-refractivity contribution in [1.82, 2.24) is 0 Å². The van der Waals surface area contributed by atoms with Gasteiger partial charge in [-0.15, -0.1) is 0 Å². The third kappa shape index (κ3) is 6.32. The molecule has 0 aromatic carbocycles. The van der Waals surface area contributed by atoms with Gasteiger partial charge in [0.05, 0.1) is 0 Å². The van der Waals surface area contributed by atoms with E-state index in [4.69, 9.17) is 9.47 Å². The minimum Gasteiger partial charge on any atom is -0.353 e. The molecule has 0 aromatic heterocycles. The van der Waals surface area contributed by atoms with E-state index in [0.717, 1.165) is 6.42 Å². The lowest BCUT2D eigenvalue weighted by molar-refractivity contribution is -0.143. The summed E-state index contributed by atoms with van der Waals surface area (Å²) in [6.45, 7) is 11.3. The van der Waals surface area contributed by atoms with Crippen LogP contribution < -0.4 is 0 Å². The summed E-state index contributed by atoms with van der Waals surface area (Å²) in [4.78, 5) is 0. The molecular weight excluding hydrogens is 140 g/mol. The Bertz CT molecular complexity index is 75.6. The molecule has 1 radical (unpaired) electrons. The summed E-state index contributed by atoms with van der Waals surface area (Å²) >= 11 is 0. The topological polar surface area (TPSA) is 18.5 Å². The zero-order chi connectivity index (χ0) is 8.69. The van der Waals surface area contributed by atoms with Gasteiger partial charge in [-0.1, -0.05) is 13.8 Å². The largest absolute Gasteiger partial charge is 0.353 e. The Kier molecular flexibility index (Phi) is 6.57. The van der Waals surface area contributed by atoms with Crippen LogP contribution in [0.5, 0.6) is 0 Å². The van der Waals surface area contributed by atoms with Gasteiger partial charge in [0, 0.05) is 19.6 Å². The Hall–Kier alpha value is -0.0800.